The Balaban J connectivity index is 1.78. The molecule has 1 heterocycles. The van der Waals surface area contributed by atoms with E-state index in [1.165, 1.54) is 12.8 Å². The summed E-state index contributed by atoms with van der Waals surface area (Å²) >= 11 is 0. The second-order valence-corrected chi connectivity index (χ2v) is 6.48. The molecule has 0 aromatic rings. The van der Waals surface area contributed by atoms with Crippen LogP contribution in [0.1, 0.15) is 19.8 Å². The van der Waals surface area contributed by atoms with Crippen LogP contribution in [-0.2, 0) is 10.0 Å². The minimum absolute atomic E-state index is 0.293. The molecule has 1 unspecified atom stereocenters. The van der Waals surface area contributed by atoms with Gasteiger partial charge in [0.25, 0.3) is 0 Å². The van der Waals surface area contributed by atoms with Crippen molar-refractivity contribution in [1.82, 2.24) is 9.62 Å². The van der Waals surface area contributed by atoms with Gasteiger partial charge in [0.15, 0.2) is 0 Å². The third-order valence-corrected chi connectivity index (χ3v) is 4.88. The van der Waals surface area contributed by atoms with Crippen molar-refractivity contribution in [2.45, 2.75) is 25.8 Å². The maximum atomic E-state index is 11.6. The van der Waals surface area contributed by atoms with Crippen molar-refractivity contribution in [3.05, 3.63) is 0 Å². The lowest BCUT2D eigenvalue weighted by atomic mass is 10.2. The highest BCUT2D eigenvalue weighted by atomic mass is 32.2. The Morgan fingerprint density at radius 1 is 1.43 bits per heavy atom. The highest BCUT2D eigenvalue weighted by molar-refractivity contribution is 7.89. The standard InChI is InChI=1S/C9H18N2O2S/c1-8-6-11(14(12,13)7-8)5-4-10-9-2-3-9/h8-10H,2-7H2,1H3. The van der Waals surface area contributed by atoms with Crippen molar-refractivity contribution < 1.29 is 8.42 Å². The molecule has 1 aliphatic heterocycles. The molecule has 1 saturated carbocycles. The van der Waals surface area contributed by atoms with Crippen molar-refractivity contribution in [3.8, 4) is 0 Å². The molecule has 1 aliphatic carbocycles. The van der Waals surface area contributed by atoms with E-state index in [2.05, 4.69) is 5.32 Å². The predicted octanol–water partition coefficient (Wildman–Crippen LogP) is 0.0199. The van der Waals surface area contributed by atoms with E-state index >= 15 is 0 Å². The van der Waals surface area contributed by atoms with Gasteiger partial charge in [0.2, 0.25) is 10.0 Å². The van der Waals surface area contributed by atoms with Crippen molar-refractivity contribution in [1.29, 1.82) is 0 Å². The zero-order valence-corrected chi connectivity index (χ0v) is 9.39. The first-order valence-corrected chi connectivity index (χ1v) is 6.90. The first-order valence-electron chi connectivity index (χ1n) is 5.29. The van der Waals surface area contributed by atoms with Crippen LogP contribution >= 0.6 is 0 Å². The summed E-state index contributed by atoms with van der Waals surface area (Å²) in [5, 5.41) is 3.33. The summed E-state index contributed by atoms with van der Waals surface area (Å²) < 4.78 is 24.7. The summed E-state index contributed by atoms with van der Waals surface area (Å²) in [6.07, 6.45) is 2.51. The molecule has 1 N–H and O–H groups in total. The van der Waals surface area contributed by atoms with Gasteiger partial charge in [-0.1, -0.05) is 6.92 Å². The van der Waals surface area contributed by atoms with Crippen LogP contribution < -0.4 is 5.32 Å². The highest BCUT2D eigenvalue weighted by Gasteiger charge is 2.33. The molecule has 82 valence electrons. The molecular weight excluding hydrogens is 200 g/mol. The summed E-state index contributed by atoms with van der Waals surface area (Å²) in [4.78, 5) is 0. The molecule has 0 bridgehead atoms. The zero-order valence-electron chi connectivity index (χ0n) is 8.57. The first-order chi connectivity index (χ1) is 6.58. The van der Waals surface area contributed by atoms with Gasteiger partial charge in [-0.05, 0) is 18.8 Å². The predicted molar refractivity (Wildman–Crippen MR) is 55.5 cm³/mol. The molecule has 1 saturated heterocycles. The second kappa shape index (κ2) is 3.79. The van der Waals surface area contributed by atoms with Crippen LogP contribution in [0.25, 0.3) is 0 Å². The maximum Gasteiger partial charge on any atom is 0.214 e. The van der Waals surface area contributed by atoms with E-state index in [0.29, 0.717) is 30.8 Å². The maximum absolute atomic E-state index is 11.6. The molecule has 2 rings (SSSR count). The van der Waals surface area contributed by atoms with E-state index in [4.69, 9.17) is 0 Å². The van der Waals surface area contributed by atoms with Gasteiger partial charge in [0, 0.05) is 25.7 Å². The Hall–Kier alpha value is -0.130. The molecule has 2 aliphatic rings. The molecule has 0 aromatic carbocycles. The Morgan fingerprint density at radius 3 is 2.64 bits per heavy atom. The average molecular weight is 218 g/mol. The summed E-state index contributed by atoms with van der Waals surface area (Å²) in [6, 6.07) is 0.665. The van der Waals surface area contributed by atoms with Gasteiger partial charge >= 0.3 is 0 Å². The van der Waals surface area contributed by atoms with Gasteiger partial charge < -0.3 is 5.32 Å². The summed E-state index contributed by atoms with van der Waals surface area (Å²) in [5.41, 5.74) is 0. The minimum atomic E-state index is -2.92. The largest absolute Gasteiger partial charge is 0.313 e. The quantitative estimate of drug-likeness (QED) is 0.724. The molecule has 0 spiro atoms. The normalized spacial score (nSPS) is 32.2. The van der Waals surface area contributed by atoms with Crippen LogP contribution in [0.3, 0.4) is 0 Å². The van der Waals surface area contributed by atoms with Gasteiger partial charge in [0.05, 0.1) is 5.75 Å². The topological polar surface area (TPSA) is 49.4 Å². The van der Waals surface area contributed by atoms with Crippen LogP contribution in [0.2, 0.25) is 0 Å². The lowest BCUT2D eigenvalue weighted by Crippen LogP contribution is -2.34. The van der Waals surface area contributed by atoms with Crippen molar-refractivity contribution in [2.24, 2.45) is 5.92 Å². The first kappa shape index (κ1) is 10.4. The fraction of sp³-hybridized carbons (Fsp3) is 1.00. The molecular formula is C9H18N2O2S. The smallest absolute Gasteiger partial charge is 0.214 e. The number of hydrogen-bond acceptors (Lipinski definition) is 3. The number of rotatable bonds is 4. The lowest BCUT2D eigenvalue weighted by molar-refractivity contribution is 0.406. The molecule has 5 heteroatoms. The number of hydrogen-bond donors (Lipinski definition) is 1. The fourth-order valence-electron chi connectivity index (χ4n) is 1.89. The SMILES string of the molecule is CC1CN(CCNC2CC2)S(=O)(=O)C1. The molecule has 1 atom stereocenters. The summed E-state index contributed by atoms with van der Waals surface area (Å²) in [7, 11) is -2.92. The molecule has 4 nitrogen and oxygen atoms in total. The van der Waals surface area contributed by atoms with Crippen molar-refractivity contribution >= 4 is 10.0 Å². The monoisotopic (exact) mass is 218 g/mol. The number of nitrogens with zero attached hydrogens (tertiary/aromatic N) is 1. The Bertz CT molecular complexity index is 298. The fourth-order valence-corrected chi connectivity index (χ4v) is 3.78. The Labute approximate surface area is 85.7 Å². The number of nitrogens with one attached hydrogen (secondary N) is 1. The summed E-state index contributed by atoms with van der Waals surface area (Å²) in [6.45, 7) is 4.14. The molecule has 0 amide bonds. The molecule has 0 radical (unpaired) electrons. The molecule has 0 aromatic heterocycles. The highest BCUT2D eigenvalue weighted by Crippen LogP contribution is 2.20. The van der Waals surface area contributed by atoms with E-state index < -0.39 is 10.0 Å². The van der Waals surface area contributed by atoms with Crippen molar-refractivity contribution in [3.63, 3.8) is 0 Å². The van der Waals surface area contributed by atoms with Gasteiger partial charge in [-0.2, -0.15) is 0 Å². The van der Waals surface area contributed by atoms with Gasteiger partial charge in [0.1, 0.15) is 0 Å². The molecule has 2 fully saturated rings. The Morgan fingerprint density at radius 2 is 2.14 bits per heavy atom. The van der Waals surface area contributed by atoms with Crippen molar-refractivity contribution in [2.75, 3.05) is 25.4 Å². The second-order valence-electron chi connectivity index (χ2n) is 4.47. The Kier molecular flexibility index (Phi) is 2.81. The third kappa shape index (κ3) is 2.46. The summed E-state index contributed by atoms with van der Waals surface area (Å²) in [5.74, 6) is 0.622. The van der Waals surface area contributed by atoms with Gasteiger partial charge in [-0.15, -0.1) is 0 Å². The van der Waals surface area contributed by atoms with Gasteiger partial charge in [-0.25, -0.2) is 12.7 Å². The average Bonchev–Trinajstić information content (AvgIpc) is 2.80. The van der Waals surface area contributed by atoms with Crippen LogP contribution in [0.5, 0.6) is 0 Å². The van der Waals surface area contributed by atoms with Crippen LogP contribution in [0.4, 0.5) is 0 Å². The van der Waals surface area contributed by atoms with E-state index in [1.807, 2.05) is 6.92 Å². The van der Waals surface area contributed by atoms with E-state index in [1.54, 1.807) is 4.31 Å². The third-order valence-electron chi connectivity index (χ3n) is 2.78. The van der Waals surface area contributed by atoms with E-state index in [9.17, 15) is 8.42 Å². The molecule has 14 heavy (non-hydrogen) atoms. The number of sulfonamides is 1. The lowest BCUT2D eigenvalue weighted by Gasteiger charge is -2.14. The van der Waals surface area contributed by atoms with E-state index in [0.717, 1.165) is 6.54 Å². The van der Waals surface area contributed by atoms with Gasteiger partial charge in [-0.3, -0.25) is 0 Å². The minimum Gasteiger partial charge on any atom is -0.313 e. The van der Waals surface area contributed by atoms with Crippen LogP contribution in [-0.4, -0.2) is 44.2 Å². The van der Waals surface area contributed by atoms with Crippen LogP contribution in [0.15, 0.2) is 0 Å². The van der Waals surface area contributed by atoms with E-state index in [-0.39, 0.29) is 0 Å². The van der Waals surface area contributed by atoms with Crippen LogP contribution in [0, 0.1) is 5.92 Å². The zero-order chi connectivity index (χ0) is 10.2.